The fourth-order valence-corrected chi connectivity index (χ4v) is 4.34. The lowest BCUT2D eigenvalue weighted by Crippen LogP contribution is -2.14. The predicted octanol–water partition coefficient (Wildman–Crippen LogP) is 6.42. The molecule has 1 atom stereocenters. The van der Waals surface area contributed by atoms with Gasteiger partial charge in [0.1, 0.15) is 30.8 Å². The van der Waals surface area contributed by atoms with Gasteiger partial charge in [0.05, 0.1) is 4.47 Å². The van der Waals surface area contributed by atoms with Gasteiger partial charge in [0.2, 0.25) is 0 Å². The lowest BCUT2D eigenvalue weighted by Gasteiger charge is -2.12. The van der Waals surface area contributed by atoms with E-state index in [4.69, 9.17) is 9.47 Å². The van der Waals surface area contributed by atoms with Crippen molar-refractivity contribution in [3.8, 4) is 11.5 Å². The Morgan fingerprint density at radius 3 is 2.60 bits per heavy atom. The number of ether oxygens (including phenoxy) is 2. The number of rotatable bonds is 7. The van der Waals surface area contributed by atoms with Crippen LogP contribution in [-0.4, -0.2) is 28.9 Å². The predicted molar refractivity (Wildman–Crippen MR) is 125 cm³/mol. The van der Waals surface area contributed by atoms with Gasteiger partial charge in [-0.25, -0.2) is 4.79 Å². The molecule has 1 heterocycles. The zero-order valence-electron chi connectivity index (χ0n) is 16.1. The van der Waals surface area contributed by atoms with Gasteiger partial charge in [0, 0.05) is 21.6 Å². The highest BCUT2D eigenvalue weighted by molar-refractivity contribution is 9.11. The summed E-state index contributed by atoms with van der Waals surface area (Å²) in [6.45, 7) is 2.45. The standard InChI is InChI=1S/C23H19Br2NO4/c1-14(23(27)28)26-9-8-16-13-18(4-6-20(16)26)29-10-11-30-21-7-2-15-12-17(24)3-5-19(15)22(21)25/h2-9,12-14H,10-11H2,1H3,(H,27,28)/t14-/m1/s1. The van der Waals surface area contributed by atoms with E-state index in [9.17, 15) is 9.90 Å². The molecule has 0 saturated carbocycles. The quantitative estimate of drug-likeness (QED) is 0.279. The van der Waals surface area contributed by atoms with Crippen LogP contribution in [0.5, 0.6) is 11.5 Å². The fraction of sp³-hybridized carbons (Fsp3) is 0.174. The van der Waals surface area contributed by atoms with Crippen molar-refractivity contribution >= 4 is 59.5 Å². The van der Waals surface area contributed by atoms with Crippen LogP contribution in [-0.2, 0) is 4.79 Å². The summed E-state index contributed by atoms with van der Waals surface area (Å²) >= 11 is 7.12. The number of nitrogens with zero attached hydrogens (tertiary/aromatic N) is 1. The Bertz CT molecular complexity index is 1230. The number of hydrogen-bond acceptors (Lipinski definition) is 3. The lowest BCUT2D eigenvalue weighted by atomic mass is 10.1. The minimum atomic E-state index is -0.863. The first-order valence-corrected chi connectivity index (χ1v) is 11.0. The fourth-order valence-electron chi connectivity index (χ4n) is 3.35. The van der Waals surface area contributed by atoms with Crippen molar-refractivity contribution in [2.24, 2.45) is 0 Å². The maximum absolute atomic E-state index is 11.2. The van der Waals surface area contributed by atoms with E-state index in [0.29, 0.717) is 19.0 Å². The summed E-state index contributed by atoms with van der Waals surface area (Å²) in [5.41, 5.74) is 0.861. The molecule has 0 aliphatic carbocycles. The van der Waals surface area contributed by atoms with E-state index in [1.54, 1.807) is 17.7 Å². The number of halogens is 2. The third-order valence-electron chi connectivity index (χ3n) is 4.96. The van der Waals surface area contributed by atoms with Gasteiger partial charge in [0.15, 0.2) is 0 Å². The van der Waals surface area contributed by atoms with E-state index < -0.39 is 12.0 Å². The molecule has 0 unspecified atom stereocenters. The number of aromatic nitrogens is 1. The first-order valence-electron chi connectivity index (χ1n) is 9.41. The third-order valence-corrected chi connectivity index (χ3v) is 6.27. The normalized spacial score (nSPS) is 12.2. The smallest absolute Gasteiger partial charge is 0.326 e. The molecule has 7 heteroatoms. The monoisotopic (exact) mass is 531 g/mol. The molecule has 0 aliphatic rings. The molecule has 4 rings (SSSR count). The highest BCUT2D eigenvalue weighted by atomic mass is 79.9. The topological polar surface area (TPSA) is 60.7 Å². The number of fused-ring (bicyclic) bond motifs is 2. The Balaban J connectivity index is 1.39. The highest BCUT2D eigenvalue weighted by Gasteiger charge is 2.15. The summed E-state index contributed by atoms with van der Waals surface area (Å²) in [5, 5.41) is 12.4. The Morgan fingerprint density at radius 2 is 1.80 bits per heavy atom. The van der Waals surface area contributed by atoms with Gasteiger partial charge >= 0.3 is 5.97 Å². The summed E-state index contributed by atoms with van der Waals surface area (Å²) in [6, 6.07) is 17.0. The Kier molecular flexibility index (Phi) is 6.01. The summed E-state index contributed by atoms with van der Waals surface area (Å²) < 4.78 is 15.4. The second kappa shape index (κ2) is 8.70. The van der Waals surface area contributed by atoms with Crippen molar-refractivity contribution in [3.63, 3.8) is 0 Å². The van der Waals surface area contributed by atoms with Crippen molar-refractivity contribution in [1.29, 1.82) is 0 Å². The van der Waals surface area contributed by atoms with E-state index in [1.165, 1.54) is 0 Å². The van der Waals surface area contributed by atoms with Gasteiger partial charge in [-0.3, -0.25) is 0 Å². The molecule has 1 N–H and O–H groups in total. The van der Waals surface area contributed by atoms with E-state index in [1.807, 2.05) is 48.5 Å². The molecular formula is C23H19Br2NO4. The van der Waals surface area contributed by atoms with Crippen molar-refractivity contribution < 1.29 is 19.4 Å². The number of aliphatic carboxylic acids is 1. The van der Waals surface area contributed by atoms with Crippen LogP contribution >= 0.6 is 31.9 Å². The SMILES string of the molecule is C[C@H](C(=O)O)n1ccc2cc(OCCOc3ccc4cc(Br)ccc4c3Br)ccc21. The minimum Gasteiger partial charge on any atom is -0.490 e. The van der Waals surface area contributed by atoms with Gasteiger partial charge in [-0.15, -0.1) is 0 Å². The van der Waals surface area contributed by atoms with Crippen LogP contribution in [0.2, 0.25) is 0 Å². The van der Waals surface area contributed by atoms with Gasteiger partial charge in [-0.2, -0.15) is 0 Å². The Labute approximate surface area is 190 Å². The molecule has 154 valence electrons. The molecule has 5 nitrogen and oxygen atoms in total. The number of carbonyl (C=O) groups is 1. The Hall–Kier alpha value is -2.51. The van der Waals surface area contributed by atoms with E-state index in [2.05, 4.69) is 37.9 Å². The van der Waals surface area contributed by atoms with Gasteiger partial charge < -0.3 is 19.1 Å². The minimum absolute atomic E-state index is 0.391. The van der Waals surface area contributed by atoms with Gasteiger partial charge in [0.25, 0.3) is 0 Å². The largest absolute Gasteiger partial charge is 0.490 e. The van der Waals surface area contributed by atoms with Crippen molar-refractivity contribution in [2.45, 2.75) is 13.0 Å². The summed E-state index contributed by atoms with van der Waals surface area (Å²) in [6.07, 6.45) is 1.78. The average molecular weight is 533 g/mol. The highest BCUT2D eigenvalue weighted by Crippen LogP contribution is 2.34. The zero-order valence-corrected chi connectivity index (χ0v) is 19.3. The van der Waals surface area contributed by atoms with Crippen LogP contribution in [0.1, 0.15) is 13.0 Å². The maximum atomic E-state index is 11.2. The van der Waals surface area contributed by atoms with Crippen molar-refractivity contribution in [3.05, 3.63) is 69.7 Å². The van der Waals surface area contributed by atoms with Crippen LogP contribution in [0.25, 0.3) is 21.7 Å². The second-order valence-corrected chi connectivity index (χ2v) is 8.61. The van der Waals surface area contributed by atoms with Gasteiger partial charge in [-0.1, -0.05) is 28.1 Å². The molecular weight excluding hydrogens is 514 g/mol. The lowest BCUT2D eigenvalue weighted by molar-refractivity contribution is -0.140. The Morgan fingerprint density at radius 1 is 1.00 bits per heavy atom. The molecule has 0 fully saturated rings. The van der Waals surface area contributed by atoms with Gasteiger partial charge in [-0.05, 0) is 76.1 Å². The maximum Gasteiger partial charge on any atom is 0.326 e. The van der Waals surface area contributed by atoms with Crippen LogP contribution in [0, 0.1) is 0 Å². The summed E-state index contributed by atoms with van der Waals surface area (Å²) in [5.74, 6) is 0.621. The summed E-state index contributed by atoms with van der Waals surface area (Å²) in [7, 11) is 0. The number of carboxylic acid groups (broad SMARTS) is 1. The molecule has 3 aromatic carbocycles. The first kappa shape index (κ1) is 20.8. The number of carboxylic acids is 1. The summed E-state index contributed by atoms with van der Waals surface area (Å²) in [4.78, 5) is 11.2. The molecule has 0 spiro atoms. The number of hydrogen-bond donors (Lipinski definition) is 1. The van der Waals surface area contributed by atoms with Crippen LogP contribution in [0.4, 0.5) is 0 Å². The molecule has 0 bridgehead atoms. The van der Waals surface area contributed by atoms with E-state index >= 15 is 0 Å². The molecule has 0 radical (unpaired) electrons. The van der Waals surface area contributed by atoms with E-state index in [0.717, 1.165) is 36.4 Å². The van der Waals surface area contributed by atoms with Crippen LogP contribution < -0.4 is 9.47 Å². The first-order chi connectivity index (χ1) is 14.4. The second-order valence-electron chi connectivity index (χ2n) is 6.90. The number of benzene rings is 3. The van der Waals surface area contributed by atoms with Crippen molar-refractivity contribution in [1.82, 2.24) is 4.57 Å². The average Bonchev–Trinajstić information content (AvgIpc) is 3.15. The van der Waals surface area contributed by atoms with Crippen molar-refractivity contribution in [2.75, 3.05) is 13.2 Å². The zero-order chi connectivity index (χ0) is 21.3. The molecule has 0 amide bonds. The molecule has 0 saturated heterocycles. The molecule has 4 aromatic rings. The molecule has 30 heavy (non-hydrogen) atoms. The molecule has 0 aliphatic heterocycles. The molecule has 1 aromatic heterocycles. The van der Waals surface area contributed by atoms with Crippen LogP contribution in [0.3, 0.4) is 0 Å². The third kappa shape index (κ3) is 4.18. The van der Waals surface area contributed by atoms with Crippen LogP contribution in [0.15, 0.2) is 69.7 Å². The van der Waals surface area contributed by atoms with E-state index in [-0.39, 0.29) is 0 Å².